The molecular formula is C29H20Cl5N3O2. The molecular weight excluding hydrogens is 600 g/mol. The number of carbonyl (C=O) groups is 1. The van der Waals surface area contributed by atoms with Crippen molar-refractivity contribution in [3.8, 4) is 5.75 Å². The summed E-state index contributed by atoms with van der Waals surface area (Å²) in [6.07, 6.45) is -0.625. The molecule has 1 aliphatic rings. The molecule has 1 heterocycles. The minimum Gasteiger partial charge on any atom is -0.488 e. The lowest BCUT2D eigenvalue weighted by Gasteiger charge is -2.33. The molecule has 5 rings (SSSR count). The van der Waals surface area contributed by atoms with Gasteiger partial charge in [0, 0.05) is 38.8 Å². The Labute approximate surface area is 251 Å². The molecule has 4 aromatic carbocycles. The minimum absolute atomic E-state index is 0.135. The molecule has 0 N–H and O–H groups in total. The van der Waals surface area contributed by atoms with Crippen LogP contribution in [0.1, 0.15) is 24.2 Å². The molecule has 0 saturated carbocycles. The number of hydrogen-bond acceptors (Lipinski definition) is 5. The van der Waals surface area contributed by atoms with Crippen molar-refractivity contribution in [1.29, 1.82) is 0 Å². The molecule has 39 heavy (non-hydrogen) atoms. The number of anilines is 2. The van der Waals surface area contributed by atoms with Gasteiger partial charge in [-0.2, -0.15) is 0 Å². The number of hydrogen-bond donors (Lipinski definition) is 0. The number of ether oxygens (including phenoxy) is 1. The third-order valence-corrected chi connectivity index (χ3v) is 7.82. The van der Waals surface area contributed by atoms with Crippen molar-refractivity contribution >= 4 is 81.0 Å². The van der Waals surface area contributed by atoms with Crippen LogP contribution in [-0.4, -0.2) is 11.6 Å². The van der Waals surface area contributed by atoms with E-state index in [4.69, 9.17) is 67.8 Å². The highest BCUT2D eigenvalue weighted by Crippen LogP contribution is 2.43. The molecule has 0 fully saturated rings. The lowest BCUT2D eigenvalue weighted by molar-refractivity contribution is -0.111. The van der Waals surface area contributed by atoms with Crippen molar-refractivity contribution in [2.24, 2.45) is 5.10 Å². The quantitative estimate of drug-likeness (QED) is 0.207. The first-order valence-electron chi connectivity index (χ1n) is 11.8. The minimum atomic E-state index is -0.625. The highest BCUT2D eigenvalue weighted by Gasteiger charge is 2.40. The number of nitrogens with zero attached hydrogens (tertiary/aromatic N) is 3. The first-order valence-corrected chi connectivity index (χ1v) is 13.7. The van der Waals surface area contributed by atoms with Crippen molar-refractivity contribution in [1.82, 2.24) is 0 Å². The second-order valence-electron chi connectivity index (χ2n) is 8.67. The predicted octanol–water partition coefficient (Wildman–Crippen LogP) is 9.46. The summed E-state index contributed by atoms with van der Waals surface area (Å²) in [5.74, 6) is 0.545. The molecule has 1 aliphatic heterocycles. The van der Waals surface area contributed by atoms with Crippen LogP contribution in [0.15, 0.2) is 90.0 Å². The van der Waals surface area contributed by atoms with Gasteiger partial charge in [0.25, 0.3) is 0 Å². The van der Waals surface area contributed by atoms with Crippen molar-refractivity contribution < 1.29 is 9.53 Å². The molecule has 0 unspecified atom stereocenters. The van der Waals surface area contributed by atoms with E-state index >= 15 is 0 Å². The number of amidine groups is 1. The van der Waals surface area contributed by atoms with E-state index in [1.54, 1.807) is 53.5 Å². The Bertz CT molecular complexity index is 1560. The molecule has 0 aliphatic carbocycles. The number of hydrazone groups is 1. The van der Waals surface area contributed by atoms with Gasteiger partial charge < -0.3 is 4.74 Å². The number of rotatable bonds is 7. The Morgan fingerprint density at radius 2 is 1.46 bits per heavy atom. The van der Waals surface area contributed by atoms with Gasteiger partial charge in [0.15, 0.2) is 17.8 Å². The van der Waals surface area contributed by atoms with Gasteiger partial charge >= 0.3 is 0 Å². The second kappa shape index (κ2) is 11.7. The Kier molecular flexibility index (Phi) is 8.27. The van der Waals surface area contributed by atoms with Crippen LogP contribution in [-0.2, 0) is 11.4 Å². The number of ketones is 1. The van der Waals surface area contributed by atoms with E-state index in [0.717, 1.165) is 11.3 Å². The lowest BCUT2D eigenvalue weighted by atomic mass is 10.1. The number of carbonyl (C=O) groups excluding carboxylic acids is 1. The van der Waals surface area contributed by atoms with Gasteiger partial charge in [-0.1, -0.05) is 82.3 Å². The van der Waals surface area contributed by atoms with Gasteiger partial charge in [0.1, 0.15) is 12.4 Å². The molecule has 10 heteroatoms. The van der Waals surface area contributed by atoms with E-state index in [2.05, 4.69) is 0 Å². The van der Waals surface area contributed by atoms with Crippen LogP contribution in [0.25, 0.3) is 0 Å². The van der Waals surface area contributed by atoms with Crippen molar-refractivity contribution in [2.45, 2.75) is 19.7 Å². The largest absolute Gasteiger partial charge is 0.488 e. The fourth-order valence-corrected chi connectivity index (χ4v) is 5.20. The highest BCUT2D eigenvalue weighted by atomic mass is 35.5. The summed E-state index contributed by atoms with van der Waals surface area (Å²) in [6.45, 7) is 1.60. The van der Waals surface area contributed by atoms with E-state index in [-0.39, 0.29) is 18.2 Å². The zero-order valence-corrected chi connectivity index (χ0v) is 24.2. The highest BCUT2D eigenvalue weighted by molar-refractivity contribution is 6.45. The van der Waals surface area contributed by atoms with E-state index in [9.17, 15) is 4.79 Å². The average molecular weight is 620 g/mol. The SMILES string of the molecule is CC(=O)C1=NN(c2ccc(Cl)cc2)[C@H](c2ccccc2OCc2c(Cl)cccc2Cl)N1c1ccc(Cl)c(Cl)c1. The molecule has 0 aromatic heterocycles. The smallest absolute Gasteiger partial charge is 0.198 e. The lowest BCUT2D eigenvalue weighted by Crippen LogP contribution is -2.38. The van der Waals surface area contributed by atoms with Gasteiger partial charge in [0.05, 0.1) is 15.7 Å². The summed E-state index contributed by atoms with van der Waals surface area (Å²) >= 11 is 31.6. The van der Waals surface area contributed by atoms with Crippen LogP contribution in [0.2, 0.25) is 25.1 Å². The van der Waals surface area contributed by atoms with Crippen molar-refractivity contribution in [2.75, 3.05) is 9.91 Å². The zero-order chi connectivity index (χ0) is 27.7. The van der Waals surface area contributed by atoms with E-state index < -0.39 is 6.17 Å². The Balaban J connectivity index is 1.64. The summed E-state index contributed by atoms with van der Waals surface area (Å²) in [6, 6.07) is 25.2. The second-order valence-corrected chi connectivity index (χ2v) is 10.7. The average Bonchev–Trinajstić information content (AvgIpc) is 3.31. The molecule has 0 saturated heterocycles. The summed E-state index contributed by atoms with van der Waals surface area (Å²) in [5, 5.41) is 8.83. The maximum Gasteiger partial charge on any atom is 0.198 e. The third kappa shape index (κ3) is 5.69. The molecule has 0 amide bonds. The van der Waals surface area contributed by atoms with Gasteiger partial charge in [-0.25, -0.2) is 5.01 Å². The van der Waals surface area contributed by atoms with Crippen LogP contribution in [0.3, 0.4) is 0 Å². The van der Waals surface area contributed by atoms with E-state index in [1.807, 2.05) is 41.3 Å². The molecule has 198 valence electrons. The van der Waals surface area contributed by atoms with Crippen LogP contribution >= 0.6 is 58.0 Å². The van der Waals surface area contributed by atoms with Crippen LogP contribution < -0.4 is 14.6 Å². The maximum absolute atomic E-state index is 12.9. The van der Waals surface area contributed by atoms with Crippen LogP contribution in [0, 0.1) is 0 Å². The molecule has 0 bridgehead atoms. The van der Waals surface area contributed by atoms with Gasteiger partial charge in [-0.3, -0.25) is 9.69 Å². The molecule has 1 atom stereocenters. The normalized spacial score (nSPS) is 14.9. The summed E-state index contributed by atoms with van der Waals surface area (Å²) in [7, 11) is 0. The van der Waals surface area contributed by atoms with Gasteiger partial charge in [0.2, 0.25) is 0 Å². The fraction of sp³-hybridized carbons (Fsp3) is 0.103. The number of halogens is 5. The monoisotopic (exact) mass is 617 g/mol. The standard InChI is InChI=1S/C29H20Cl5N3O2/c1-17(38)28-35-37(19-11-9-18(30)10-12-19)29(36(28)20-13-14-25(33)26(34)15-20)21-5-2-3-8-27(21)39-16-22-23(31)6-4-7-24(22)32/h2-15,29H,16H2,1H3/t29-/m1/s1. The zero-order valence-electron chi connectivity index (χ0n) is 20.4. The summed E-state index contributed by atoms with van der Waals surface area (Å²) in [5.41, 5.74) is 2.75. The number of para-hydroxylation sites is 1. The Morgan fingerprint density at radius 1 is 0.795 bits per heavy atom. The van der Waals surface area contributed by atoms with Gasteiger partial charge in [-0.05, 0) is 60.7 Å². The first-order chi connectivity index (χ1) is 18.7. The number of benzene rings is 4. The predicted molar refractivity (Wildman–Crippen MR) is 161 cm³/mol. The molecule has 0 radical (unpaired) electrons. The molecule has 4 aromatic rings. The number of Topliss-reactive ketones (excluding diaryl/α,β-unsaturated/α-hetero) is 1. The van der Waals surface area contributed by atoms with Crippen LogP contribution in [0.5, 0.6) is 5.75 Å². The summed E-state index contributed by atoms with van der Waals surface area (Å²) in [4.78, 5) is 14.7. The summed E-state index contributed by atoms with van der Waals surface area (Å²) < 4.78 is 6.30. The Hall–Kier alpha value is -2.93. The van der Waals surface area contributed by atoms with Gasteiger partial charge in [-0.15, -0.1) is 5.10 Å². The van der Waals surface area contributed by atoms with Crippen molar-refractivity contribution in [3.05, 3.63) is 121 Å². The Morgan fingerprint density at radius 3 is 2.13 bits per heavy atom. The van der Waals surface area contributed by atoms with Crippen LogP contribution in [0.4, 0.5) is 11.4 Å². The van der Waals surface area contributed by atoms with E-state index in [1.165, 1.54) is 6.92 Å². The topological polar surface area (TPSA) is 45.1 Å². The maximum atomic E-state index is 12.9. The molecule has 5 nitrogen and oxygen atoms in total. The third-order valence-electron chi connectivity index (χ3n) is 6.13. The molecule has 0 spiro atoms. The fourth-order valence-electron chi connectivity index (χ4n) is 4.28. The first kappa shape index (κ1) is 27.6. The van der Waals surface area contributed by atoms with E-state index in [0.29, 0.717) is 42.1 Å². The van der Waals surface area contributed by atoms with Crippen molar-refractivity contribution in [3.63, 3.8) is 0 Å².